The maximum absolute atomic E-state index is 9.58. The van der Waals surface area contributed by atoms with Crippen LogP contribution in [-0.4, -0.2) is 21.2 Å². The third kappa shape index (κ3) is 2.72. The zero-order valence-electron chi connectivity index (χ0n) is 9.87. The highest BCUT2D eigenvalue weighted by atomic mass is 16.3. The number of aryl methyl sites for hydroxylation is 1. The minimum Gasteiger partial charge on any atom is -0.387 e. The van der Waals surface area contributed by atoms with Gasteiger partial charge in [-0.3, -0.25) is 0 Å². The van der Waals surface area contributed by atoms with Gasteiger partial charge < -0.3 is 15.4 Å². The summed E-state index contributed by atoms with van der Waals surface area (Å²) in [5.74, 6) is 1.03. The zero-order chi connectivity index (χ0) is 12.3. The van der Waals surface area contributed by atoms with Crippen molar-refractivity contribution in [2.75, 3.05) is 6.54 Å². The Morgan fingerprint density at radius 2 is 2.06 bits per heavy atom. The molecule has 0 aliphatic rings. The molecule has 0 aliphatic carbocycles. The van der Waals surface area contributed by atoms with Crippen LogP contribution in [-0.2, 0) is 13.5 Å². The van der Waals surface area contributed by atoms with Gasteiger partial charge in [-0.2, -0.15) is 0 Å². The van der Waals surface area contributed by atoms with Crippen LogP contribution in [0.2, 0.25) is 0 Å². The summed E-state index contributed by atoms with van der Waals surface area (Å²) in [6, 6.07) is 7.83. The van der Waals surface area contributed by atoms with E-state index in [1.165, 1.54) is 5.56 Å². The molecular weight excluding hydrogens is 214 g/mol. The fraction of sp³-hybridized carbons (Fsp3) is 0.308. The van der Waals surface area contributed by atoms with Gasteiger partial charge in [0.15, 0.2) is 0 Å². The summed E-state index contributed by atoms with van der Waals surface area (Å²) in [6.45, 7) is 0.249. The van der Waals surface area contributed by atoms with Crippen LogP contribution in [0, 0.1) is 0 Å². The molecule has 1 aromatic heterocycles. The first-order chi connectivity index (χ1) is 8.20. The number of nitrogens with zero attached hydrogens (tertiary/aromatic N) is 2. The zero-order valence-corrected chi connectivity index (χ0v) is 9.87. The smallest absolute Gasteiger partial charge is 0.112 e. The Kier molecular flexibility index (Phi) is 3.56. The fourth-order valence-electron chi connectivity index (χ4n) is 1.74. The van der Waals surface area contributed by atoms with Crippen molar-refractivity contribution in [2.45, 2.75) is 12.5 Å². The first kappa shape index (κ1) is 11.8. The van der Waals surface area contributed by atoms with Gasteiger partial charge in [0.1, 0.15) is 5.82 Å². The summed E-state index contributed by atoms with van der Waals surface area (Å²) in [7, 11) is 1.98. The second kappa shape index (κ2) is 5.12. The third-order valence-electron chi connectivity index (χ3n) is 2.87. The van der Waals surface area contributed by atoms with Crippen molar-refractivity contribution >= 4 is 0 Å². The highest BCUT2D eigenvalue weighted by Crippen LogP contribution is 2.14. The lowest BCUT2D eigenvalue weighted by Gasteiger charge is -2.09. The third-order valence-corrected chi connectivity index (χ3v) is 2.87. The number of hydrogen-bond donors (Lipinski definition) is 2. The first-order valence-corrected chi connectivity index (χ1v) is 5.64. The van der Waals surface area contributed by atoms with Gasteiger partial charge in [-0.25, -0.2) is 4.98 Å². The molecule has 2 rings (SSSR count). The monoisotopic (exact) mass is 231 g/mol. The van der Waals surface area contributed by atoms with E-state index >= 15 is 0 Å². The number of nitrogens with two attached hydrogens (primary N) is 1. The summed E-state index contributed by atoms with van der Waals surface area (Å²) in [6.07, 6.45) is 3.95. The van der Waals surface area contributed by atoms with Gasteiger partial charge in [0.05, 0.1) is 6.10 Å². The summed E-state index contributed by atoms with van der Waals surface area (Å²) >= 11 is 0. The predicted molar refractivity (Wildman–Crippen MR) is 66.5 cm³/mol. The first-order valence-electron chi connectivity index (χ1n) is 5.64. The second-order valence-electron chi connectivity index (χ2n) is 4.12. The molecule has 2 aromatic rings. The van der Waals surface area contributed by atoms with Crippen molar-refractivity contribution < 1.29 is 5.11 Å². The van der Waals surface area contributed by atoms with E-state index in [1.54, 1.807) is 6.20 Å². The second-order valence-corrected chi connectivity index (χ2v) is 4.12. The Morgan fingerprint density at radius 1 is 1.35 bits per heavy atom. The van der Waals surface area contributed by atoms with Crippen LogP contribution in [0.5, 0.6) is 0 Å². The number of benzene rings is 1. The molecule has 0 fully saturated rings. The maximum atomic E-state index is 9.58. The molecule has 0 amide bonds. The minimum absolute atomic E-state index is 0.249. The average molecular weight is 231 g/mol. The van der Waals surface area contributed by atoms with Gasteiger partial charge in [0, 0.05) is 32.4 Å². The molecule has 0 bridgehead atoms. The Balaban J connectivity index is 2.11. The van der Waals surface area contributed by atoms with Gasteiger partial charge in [-0.05, 0) is 11.1 Å². The lowest BCUT2D eigenvalue weighted by atomic mass is 10.1. The molecule has 1 heterocycles. The normalized spacial score (nSPS) is 12.6. The minimum atomic E-state index is -0.572. The molecule has 90 valence electrons. The standard InChI is InChI=1S/C13H17N3O/c1-16-7-6-15-13(16)8-10-2-4-11(5-3-10)12(17)9-14/h2-7,12,17H,8-9,14H2,1H3. The Morgan fingerprint density at radius 3 is 2.59 bits per heavy atom. The predicted octanol–water partition coefficient (Wildman–Crippen LogP) is 1.00. The van der Waals surface area contributed by atoms with Crippen molar-refractivity contribution in [3.8, 4) is 0 Å². The van der Waals surface area contributed by atoms with Crippen molar-refractivity contribution in [1.82, 2.24) is 9.55 Å². The van der Waals surface area contributed by atoms with Gasteiger partial charge >= 0.3 is 0 Å². The number of aromatic nitrogens is 2. The Hall–Kier alpha value is -1.65. The fourth-order valence-corrected chi connectivity index (χ4v) is 1.74. The van der Waals surface area contributed by atoms with Gasteiger partial charge in [0.2, 0.25) is 0 Å². The molecule has 4 nitrogen and oxygen atoms in total. The highest BCUT2D eigenvalue weighted by Gasteiger charge is 2.05. The molecule has 1 atom stereocenters. The van der Waals surface area contributed by atoms with Crippen LogP contribution in [0.1, 0.15) is 23.1 Å². The van der Waals surface area contributed by atoms with Crippen molar-refractivity contribution in [3.05, 3.63) is 53.6 Å². The van der Waals surface area contributed by atoms with Gasteiger partial charge in [-0.1, -0.05) is 24.3 Å². The van der Waals surface area contributed by atoms with Gasteiger partial charge in [-0.15, -0.1) is 0 Å². The molecule has 1 unspecified atom stereocenters. The molecule has 0 saturated heterocycles. The van der Waals surface area contributed by atoms with Gasteiger partial charge in [0.25, 0.3) is 0 Å². The summed E-state index contributed by atoms with van der Waals surface area (Å²) in [5, 5.41) is 9.58. The number of aliphatic hydroxyl groups excluding tert-OH is 1. The molecule has 3 N–H and O–H groups in total. The van der Waals surface area contributed by atoms with E-state index in [-0.39, 0.29) is 6.54 Å². The van der Waals surface area contributed by atoms with Crippen LogP contribution < -0.4 is 5.73 Å². The largest absolute Gasteiger partial charge is 0.387 e. The maximum Gasteiger partial charge on any atom is 0.112 e. The van der Waals surface area contributed by atoms with E-state index < -0.39 is 6.10 Å². The molecule has 0 radical (unpaired) electrons. The lowest BCUT2D eigenvalue weighted by Crippen LogP contribution is -2.11. The van der Waals surface area contributed by atoms with Crippen LogP contribution in [0.3, 0.4) is 0 Å². The Labute approximate surface area is 101 Å². The van der Waals surface area contributed by atoms with Crippen molar-refractivity contribution in [3.63, 3.8) is 0 Å². The van der Waals surface area contributed by atoms with E-state index in [0.29, 0.717) is 0 Å². The van der Waals surface area contributed by atoms with Crippen molar-refractivity contribution in [1.29, 1.82) is 0 Å². The molecule has 0 aliphatic heterocycles. The van der Waals surface area contributed by atoms with Crippen LogP contribution in [0.25, 0.3) is 0 Å². The molecular formula is C13H17N3O. The summed E-state index contributed by atoms with van der Waals surface area (Å²) in [4.78, 5) is 4.28. The molecule has 17 heavy (non-hydrogen) atoms. The highest BCUT2D eigenvalue weighted by molar-refractivity contribution is 5.26. The van der Waals surface area contributed by atoms with E-state index in [1.807, 2.05) is 42.1 Å². The number of imidazole rings is 1. The van der Waals surface area contributed by atoms with Crippen LogP contribution >= 0.6 is 0 Å². The van der Waals surface area contributed by atoms with Crippen molar-refractivity contribution in [2.24, 2.45) is 12.8 Å². The quantitative estimate of drug-likeness (QED) is 0.825. The SMILES string of the molecule is Cn1ccnc1Cc1ccc(C(O)CN)cc1. The molecule has 0 saturated carbocycles. The van der Waals surface area contributed by atoms with E-state index in [9.17, 15) is 5.11 Å². The summed E-state index contributed by atoms with van der Waals surface area (Å²) < 4.78 is 2.00. The van der Waals surface area contributed by atoms with Crippen LogP contribution in [0.15, 0.2) is 36.7 Å². The molecule has 0 spiro atoms. The van der Waals surface area contributed by atoms with E-state index in [2.05, 4.69) is 4.98 Å². The van der Waals surface area contributed by atoms with E-state index in [0.717, 1.165) is 17.8 Å². The number of aliphatic hydroxyl groups is 1. The molecule has 4 heteroatoms. The van der Waals surface area contributed by atoms with E-state index in [4.69, 9.17) is 5.73 Å². The number of hydrogen-bond acceptors (Lipinski definition) is 3. The van der Waals surface area contributed by atoms with Crippen LogP contribution in [0.4, 0.5) is 0 Å². The lowest BCUT2D eigenvalue weighted by molar-refractivity contribution is 0.186. The number of rotatable bonds is 4. The Bertz CT molecular complexity index is 476. The average Bonchev–Trinajstić information content (AvgIpc) is 2.75. The topological polar surface area (TPSA) is 64.1 Å². The summed E-state index contributed by atoms with van der Waals surface area (Å²) in [5.41, 5.74) is 7.44. The molecule has 1 aromatic carbocycles.